The predicted molar refractivity (Wildman–Crippen MR) is 74.5 cm³/mol. The van der Waals surface area contributed by atoms with E-state index in [0.717, 1.165) is 6.54 Å². The van der Waals surface area contributed by atoms with Crippen LogP contribution in [0.2, 0.25) is 0 Å². The molecule has 3 heteroatoms. The normalized spacial score (nSPS) is 27.1. The smallest absolute Gasteiger partial charge is 0.115 e. The molecule has 3 atom stereocenters. The Labute approximate surface area is 110 Å². The average molecular weight is 248 g/mol. The van der Waals surface area contributed by atoms with Crippen LogP contribution in [0.5, 0.6) is 5.75 Å². The lowest BCUT2D eigenvalue weighted by molar-refractivity contribution is 0.0689. The zero-order valence-electron chi connectivity index (χ0n) is 11.3. The molecule has 1 aromatic rings. The van der Waals surface area contributed by atoms with Crippen LogP contribution in [-0.2, 0) is 0 Å². The van der Waals surface area contributed by atoms with Crippen LogP contribution in [0.4, 0.5) is 0 Å². The molecule has 1 aliphatic rings. The van der Waals surface area contributed by atoms with Crippen molar-refractivity contribution in [2.45, 2.75) is 38.8 Å². The first-order valence-corrected chi connectivity index (χ1v) is 6.88. The first kappa shape index (κ1) is 13.4. The van der Waals surface area contributed by atoms with E-state index in [9.17, 15) is 5.11 Å². The molecule has 3 nitrogen and oxygen atoms in total. The molecule has 1 saturated heterocycles. The fraction of sp³-hybridized carbons (Fsp3) is 0.600. The number of piperidine rings is 1. The van der Waals surface area contributed by atoms with Crippen LogP contribution in [0.3, 0.4) is 0 Å². The van der Waals surface area contributed by atoms with Gasteiger partial charge in [-0.1, -0.05) is 19.1 Å². The van der Waals surface area contributed by atoms with Gasteiger partial charge in [0.2, 0.25) is 0 Å². The minimum Gasteiger partial charge on any atom is -0.508 e. The van der Waals surface area contributed by atoms with Gasteiger partial charge in [-0.15, -0.1) is 0 Å². The molecule has 0 aliphatic carbocycles. The van der Waals surface area contributed by atoms with Gasteiger partial charge in [-0.2, -0.15) is 0 Å². The Morgan fingerprint density at radius 1 is 1.50 bits per heavy atom. The molecule has 0 bridgehead atoms. The van der Waals surface area contributed by atoms with Crippen molar-refractivity contribution in [2.24, 2.45) is 11.7 Å². The monoisotopic (exact) mass is 248 g/mol. The lowest BCUT2D eigenvalue weighted by Crippen LogP contribution is -2.49. The molecule has 3 unspecified atom stereocenters. The van der Waals surface area contributed by atoms with Gasteiger partial charge in [0.25, 0.3) is 0 Å². The Bertz CT molecular complexity index is 394. The Kier molecular flexibility index (Phi) is 4.25. The number of hydrogen-bond acceptors (Lipinski definition) is 3. The van der Waals surface area contributed by atoms with E-state index in [4.69, 9.17) is 5.73 Å². The van der Waals surface area contributed by atoms with Gasteiger partial charge in [0, 0.05) is 18.6 Å². The van der Waals surface area contributed by atoms with Gasteiger partial charge < -0.3 is 10.8 Å². The summed E-state index contributed by atoms with van der Waals surface area (Å²) in [5.41, 5.74) is 7.11. The van der Waals surface area contributed by atoms with E-state index in [-0.39, 0.29) is 0 Å². The van der Waals surface area contributed by atoms with Crippen molar-refractivity contribution in [3.63, 3.8) is 0 Å². The molecule has 0 saturated carbocycles. The first-order valence-electron chi connectivity index (χ1n) is 6.88. The van der Waals surface area contributed by atoms with Gasteiger partial charge in [0.05, 0.1) is 0 Å². The van der Waals surface area contributed by atoms with E-state index in [0.29, 0.717) is 30.3 Å². The van der Waals surface area contributed by atoms with Crippen LogP contribution >= 0.6 is 0 Å². The zero-order valence-corrected chi connectivity index (χ0v) is 11.3. The summed E-state index contributed by atoms with van der Waals surface area (Å²) in [5.74, 6) is 0.997. The van der Waals surface area contributed by atoms with Crippen molar-refractivity contribution < 1.29 is 5.11 Å². The van der Waals surface area contributed by atoms with E-state index in [1.807, 2.05) is 12.1 Å². The third-order valence-electron chi connectivity index (χ3n) is 4.25. The van der Waals surface area contributed by atoms with E-state index in [2.05, 4.69) is 24.8 Å². The molecule has 0 radical (unpaired) electrons. The summed E-state index contributed by atoms with van der Waals surface area (Å²) in [6.45, 7) is 6.31. The maximum absolute atomic E-state index is 9.59. The second-order valence-corrected chi connectivity index (χ2v) is 5.43. The average Bonchev–Trinajstić information content (AvgIpc) is 2.37. The van der Waals surface area contributed by atoms with Crippen LogP contribution in [-0.4, -0.2) is 29.1 Å². The fourth-order valence-electron chi connectivity index (χ4n) is 3.11. The van der Waals surface area contributed by atoms with Crippen molar-refractivity contribution in [3.05, 3.63) is 29.8 Å². The molecule has 18 heavy (non-hydrogen) atoms. The third kappa shape index (κ3) is 2.68. The van der Waals surface area contributed by atoms with Crippen LogP contribution in [0.15, 0.2) is 24.3 Å². The quantitative estimate of drug-likeness (QED) is 0.864. The van der Waals surface area contributed by atoms with Crippen LogP contribution in [0.1, 0.15) is 38.3 Å². The summed E-state index contributed by atoms with van der Waals surface area (Å²) in [5, 5.41) is 9.59. The first-order chi connectivity index (χ1) is 8.63. The standard InChI is InChI=1S/C15H24N2O/c1-11-5-4-8-17(15(11)10-16)12(2)13-6-3-7-14(18)9-13/h3,6-7,9,11-12,15,18H,4-5,8,10,16H2,1-2H3. The number of likely N-dealkylation sites (tertiary alicyclic amines) is 1. The maximum atomic E-state index is 9.59. The summed E-state index contributed by atoms with van der Waals surface area (Å²) in [7, 11) is 0. The molecule has 0 aromatic heterocycles. The van der Waals surface area contributed by atoms with Crippen molar-refractivity contribution in [1.82, 2.24) is 4.90 Å². The summed E-state index contributed by atoms with van der Waals surface area (Å²) >= 11 is 0. The highest BCUT2D eigenvalue weighted by atomic mass is 16.3. The molecule has 2 rings (SSSR count). The van der Waals surface area contributed by atoms with Crippen LogP contribution in [0.25, 0.3) is 0 Å². The largest absolute Gasteiger partial charge is 0.508 e. The van der Waals surface area contributed by atoms with Gasteiger partial charge in [0.1, 0.15) is 5.75 Å². The molecule has 1 aromatic carbocycles. The molecule has 0 amide bonds. The number of benzene rings is 1. The molecule has 1 fully saturated rings. The Balaban J connectivity index is 2.18. The summed E-state index contributed by atoms with van der Waals surface area (Å²) < 4.78 is 0. The van der Waals surface area contributed by atoms with E-state index in [1.54, 1.807) is 6.07 Å². The number of hydrogen-bond donors (Lipinski definition) is 2. The number of rotatable bonds is 3. The van der Waals surface area contributed by atoms with E-state index in [1.165, 1.54) is 18.4 Å². The third-order valence-corrected chi connectivity index (χ3v) is 4.25. The maximum Gasteiger partial charge on any atom is 0.115 e. The number of nitrogens with two attached hydrogens (primary N) is 1. The Morgan fingerprint density at radius 3 is 2.94 bits per heavy atom. The van der Waals surface area contributed by atoms with Gasteiger partial charge in [-0.05, 0) is 49.9 Å². The number of aromatic hydroxyl groups is 1. The molecular formula is C15H24N2O. The number of phenolic OH excluding ortho intramolecular Hbond substituents is 1. The van der Waals surface area contributed by atoms with Crippen molar-refractivity contribution in [1.29, 1.82) is 0 Å². The lowest BCUT2D eigenvalue weighted by Gasteiger charge is -2.43. The fourth-order valence-corrected chi connectivity index (χ4v) is 3.11. The lowest BCUT2D eigenvalue weighted by atomic mass is 9.88. The van der Waals surface area contributed by atoms with E-state index < -0.39 is 0 Å². The van der Waals surface area contributed by atoms with Gasteiger partial charge in [0.15, 0.2) is 0 Å². The topological polar surface area (TPSA) is 49.5 Å². The summed E-state index contributed by atoms with van der Waals surface area (Å²) in [4.78, 5) is 2.49. The molecule has 1 aliphatic heterocycles. The molecule has 3 N–H and O–H groups in total. The molecule has 1 heterocycles. The number of nitrogens with zero attached hydrogens (tertiary/aromatic N) is 1. The highest BCUT2D eigenvalue weighted by molar-refractivity contribution is 5.29. The van der Waals surface area contributed by atoms with Crippen LogP contribution in [0, 0.1) is 5.92 Å². The second kappa shape index (κ2) is 5.72. The number of phenols is 1. The van der Waals surface area contributed by atoms with Gasteiger partial charge in [-0.3, -0.25) is 4.90 Å². The van der Waals surface area contributed by atoms with E-state index >= 15 is 0 Å². The Hall–Kier alpha value is -1.06. The minimum atomic E-state index is 0.313. The molecule has 0 spiro atoms. The van der Waals surface area contributed by atoms with Crippen molar-refractivity contribution >= 4 is 0 Å². The van der Waals surface area contributed by atoms with Gasteiger partial charge in [-0.25, -0.2) is 0 Å². The zero-order chi connectivity index (χ0) is 13.1. The molecular weight excluding hydrogens is 224 g/mol. The van der Waals surface area contributed by atoms with Gasteiger partial charge >= 0.3 is 0 Å². The molecule has 100 valence electrons. The predicted octanol–water partition coefficient (Wildman–Crippen LogP) is 2.51. The second-order valence-electron chi connectivity index (χ2n) is 5.43. The highest BCUT2D eigenvalue weighted by Gasteiger charge is 2.30. The van der Waals surface area contributed by atoms with Crippen molar-refractivity contribution in [2.75, 3.05) is 13.1 Å². The SMILES string of the molecule is CC1CCCN(C(C)c2cccc(O)c2)C1CN. The van der Waals surface area contributed by atoms with Crippen LogP contribution < -0.4 is 5.73 Å². The van der Waals surface area contributed by atoms with Crippen molar-refractivity contribution in [3.8, 4) is 5.75 Å². The summed E-state index contributed by atoms with van der Waals surface area (Å²) in [6.07, 6.45) is 2.51. The summed E-state index contributed by atoms with van der Waals surface area (Å²) in [6, 6.07) is 8.33. The highest BCUT2D eigenvalue weighted by Crippen LogP contribution is 2.31. The minimum absolute atomic E-state index is 0.313. The Morgan fingerprint density at radius 2 is 2.28 bits per heavy atom.